The molecule has 0 radical (unpaired) electrons. The van der Waals surface area contributed by atoms with Crippen molar-refractivity contribution < 1.29 is 14.3 Å². The van der Waals surface area contributed by atoms with E-state index in [0.717, 1.165) is 30.7 Å². The van der Waals surface area contributed by atoms with Gasteiger partial charge in [-0.3, -0.25) is 9.59 Å². The van der Waals surface area contributed by atoms with Gasteiger partial charge in [-0.2, -0.15) is 0 Å². The number of carbonyl (C=O) groups excluding carboxylic acids is 2. The second kappa shape index (κ2) is 7.02. The van der Waals surface area contributed by atoms with Crippen molar-refractivity contribution in [1.82, 2.24) is 10.2 Å². The van der Waals surface area contributed by atoms with Crippen LogP contribution in [-0.2, 0) is 16.0 Å². The van der Waals surface area contributed by atoms with Gasteiger partial charge in [0.25, 0.3) is 0 Å². The quantitative estimate of drug-likeness (QED) is 0.921. The van der Waals surface area contributed by atoms with Gasteiger partial charge in [-0.25, -0.2) is 0 Å². The molecule has 2 amide bonds. The first-order valence-corrected chi connectivity index (χ1v) is 8.44. The van der Waals surface area contributed by atoms with Crippen molar-refractivity contribution in [3.05, 3.63) is 29.8 Å². The average Bonchev–Trinajstić information content (AvgIpc) is 2.84. The van der Waals surface area contributed by atoms with Crippen molar-refractivity contribution in [2.24, 2.45) is 5.92 Å². The van der Waals surface area contributed by atoms with E-state index < -0.39 is 0 Å². The summed E-state index contributed by atoms with van der Waals surface area (Å²) in [4.78, 5) is 26.1. The highest BCUT2D eigenvalue weighted by Gasteiger charge is 2.37. The fourth-order valence-electron chi connectivity index (χ4n) is 3.49. The van der Waals surface area contributed by atoms with E-state index in [2.05, 4.69) is 5.32 Å². The molecule has 124 valence electrons. The summed E-state index contributed by atoms with van der Waals surface area (Å²) < 4.78 is 5.42. The lowest BCUT2D eigenvalue weighted by atomic mass is 9.99. The zero-order valence-electron chi connectivity index (χ0n) is 13.6. The summed E-state index contributed by atoms with van der Waals surface area (Å²) in [6.07, 6.45) is 2.97. The van der Waals surface area contributed by atoms with Gasteiger partial charge in [-0.15, -0.1) is 0 Å². The number of carbonyl (C=O) groups is 2. The Hall–Kier alpha value is -2.04. The largest absolute Gasteiger partial charge is 0.494 e. The van der Waals surface area contributed by atoms with Crippen LogP contribution in [0.15, 0.2) is 24.3 Å². The van der Waals surface area contributed by atoms with Crippen molar-refractivity contribution in [3.8, 4) is 5.75 Å². The predicted octanol–water partition coefficient (Wildman–Crippen LogP) is 1.75. The van der Waals surface area contributed by atoms with Gasteiger partial charge in [0.2, 0.25) is 11.8 Å². The third-order valence-corrected chi connectivity index (χ3v) is 4.71. The Kier molecular flexibility index (Phi) is 4.84. The van der Waals surface area contributed by atoms with Crippen LogP contribution in [0.1, 0.15) is 31.7 Å². The first kappa shape index (κ1) is 15.8. The van der Waals surface area contributed by atoms with Gasteiger partial charge in [-0.05, 0) is 43.4 Å². The van der Waals surface area contributed by atoms with E-state index in [4.69, 9.17) is 4.74 Å². The van der Waals surface area contributed by atoms with Gasteiger partial charge in [0.1, 0.15) is 5.75 Å². The van der Waals surface area contributed by atoms with Crippen LogP contribution in [0.3, 0.4) is 0 Å². The molecule has 1 aromatic carbocycles. The lowest BCUT2D eigenvalue weighted by molar-refractivity contribution is -0.130. The van der Waals surface area contributed by atoms with E-state index in [0.29, 0.717) is 31.9 Å². The van der Waals surface area contributed by atoms with Crippen LogP contribution in [0, 0.1) is 5.92 Å². The topological polar surface area (TPSA) is 58.6 Å². The van der Waals surface area contributed by atoms with Crippen LogP contribution >= 0.6 is 0 Å². The molecule has 0 saturated carbocycles. The molecule has 5 heteroatoms. The highest BCUT2D eigenvalue weighted by Crippen LogP contribution is 2.25. The van der Waals surface area contributed by atoms with E-state index >= 15 is 0 Å². The number of ether oxygens (including phenoxy) is 1. The number of amides is 2. The molecule has 1 N–H and O–H groups in total. The Morgan fingerprint density at radius 3 is 2.83 bits per heavy atom. The number of fused-ring (bicyclic) bond motifs is 1. The summed E-state index contributed by atoms with van der Waals surface area (Å²) in [7, 11) is 0. The minimum atomic E-state index is 0.123. The molecule has 2 saturated heterocycles. The molecule has 0 spiro atoms. The first-order valence-electron chi connectivity index (χ1n) is 8.44. The van der Waals surface area contributed by atoms with Crippen molar-refractivity contribution in [1.29, 1.82) is 0 Å². The summed E-state index contributed by atoms with van der Waals surface area (Å²) in [6.45, 7) is 4.00. The number of hydrogen-bond donors (Lipinski definition) is 1. The predicted molar refractivity (Wildman–Crippen MR) is 87.2 cm³/mol. The molecule has 2 fully saturated rings. The molecule has 2 heterocycles. The Bertz CT molecular complexity index is 570. The SMILES string of the molecule is CCOc1ccc(CC(=O)N2CC3CCCC(=O)NC3C2)cc1. The minimum absolute atomic E-state index is 0.123. The molecular formula is C18H24N2O3. The van der Waals surface area contributed by atoms with Crippen LogP contribution in [0.25, 0.3) is 0 Å². The molecule has 2 aliphatic heterocycles. The molecule has 2 unspecified atom stereocenters. The summed E-state index contributed by atoms with van der Waals surface area (Å²) in [5, 5.41) is 3.06. The average molecular weight is 316 g/mol. The van der Waals surface area contributed by atoms with Crippen molar-refractivity contribution >= 4 is 11.8 Å². The summed E-state index contributed by atoms with van der Waals surface area (Å²) in [6, 6.07) is 7.83. The third kappa shape index (κ3) is 3.84. The first-order chi connectivity index (χ1) is 11.2. The van der Waals surface area contributed by atoms with Gasteiger partial charge >= 0.3 is 0 Å². The van der Waals surface area contributed by atoms with Gasteiger partial charge in [0, 0.05) is 19.5 Å². The van der Waals surface area contributed by atoms with Crippen molar-refractivity contribution in [2.75, 3.05) is 19.7 Å². The lowest BCUT2D eigenvalue weighted by Crippen LogP contribution is -2.39. The Balaban J connectivity index is 1.57. The maximum Gasteiger partial charge on any atom is 0.227 e. The molecule has 0 bridgehead atoms. The summed E-state index contributed by atoms with van der Waals surface area (Å²) in [5.74, 6) is 1.50. The van der Waals surface area contributed by atoms with E-state index in [-0.39, 0.29) is 17.9 Å². The third-order valence-electron chi connectivity index (χ3n) is 4.71. The highest BCUT2D eigenvalue weighted by molar-refractivity contribution is 5.80. The normalized spacial score (nSPS) is 23.9. The standard InChI is InChI=1S/C18H24N2O3/c1-2-23-15-8-6-13(7-9-15)10-18(22)20-11-14-4-3-5-17(21)19-16(14)12-20/h6-9,14,16H,2-5,10-12H2,1H3,(H,19,21). The lowest BCUT2D eigenvalue weighted by Gasteiger charge is -2.17. The van der Waals surface area contributed by atoms with Gasteiger partial charge < -0.3 is 15.0 Å². The number of hydrogen-bond acceptors (Lipinski definition) is 3. The number of nitrogens with zero attached hydrogens (tertiary/aromatic N) is 1. The second-order valence-electron chi connectivity index (χ2n) is 6.38. The molecule has 3 rings (SSSR count). The van der Waals surface area contributed by atoms with Gasteiger partial charge in [0.05, 0.1) is 19.1 Å². The Morgan fingerprint density at radius 2 is 2.09 bits per heavy atom. The zero-order chi connectivity index (χ0) is 16.2. The van der Waals surface area contributed by atoms with Crippen LogP contribution in [0.2, 0.25) is 0 Å². The molecule has 23 heavy (non-hydrogen) atoms. The van der Waals surface area contributed by atoms with Crippen LogP contribution < -0.4 is 10.1 Å². The fourth-order valence-corrected chi connectivity index (χ4v) is 3.49. The Labute approximate surface area is 137 Å². The number of benzene rings is 1. The minimum Gasteiger partial charge on any atom is -0.494 e. The molecule has 1 aromatic rings. The summed E-state index contributed by atoms with van der Waals surface area (Å²) >= 11 is 0. The van der Waals surface area contributed by atoms with Crippen molar-refractivity contribution in [2.45, 2.75) is 38.6 Å². The van der Waals surface area contributed by atoms with Crippen LogP contribution in [0.5, 0.6) is 5.75 Å². The maximum atomic E-state index is 12.5. The smallest absolute Gasteiger partial charge is 0.227 e. The van der Waals surface area contributed by atoms with E-state index in [1.165, 1.54) is 0 Å². The van der Waals surface area contributed by atoms with Crippen molar-refractivity contribution in [3.63, 3.8) is 0 Å². The molecule has 5 nitrogen and oxygen atoms in total. The monoisotopic (exact) mass is 316 g/mol. The fraction of sp³-hybridized carbons (Fsp3) is 0.556. The molecule has 2 aliphatic rings. The molecule has 0 aliphatic carbocycles. The number of likely N-dealkylation sites (tertiary alicyclic amines) is 1. The number of nitrogens with one attached hydrogen (secondary N) is 1. The van der Waals surface area contributed by atoms with Crippen LogP contribution in [-0.4, -0.2) is 42.5 Å². The number of rotatable bonds is 4. The van der Waals surface area contributed by atoms with Crippen LogP contribution in [0.4, 0.5) is 0 Å². The second-order valence-corrected chi connectivity index (χ2v) is 6.38. The van der Waals surface area contributed by atoms with E-state index in [1.54, 1.807) is 0 Å². The van der Waals surface area contributed by atoms with E-state index in [9.17, 15) is 9.59 Å². The van der Waals surface area contributed by atoms with Gasteiger partial charge in [0.15, 0.2) is 0 Å². The maximum absolute atomic E-state index is 12.5. The Morgan fingerprint density at radius 1 is 1.30 bits per heavy atom. The molecule has 2 atom stereocenters. The summed E-state index contributed by atoms with van der Waals surface area (Å²) in [5.41, 5.74) is 0.995. The van der Waals surface area contributed by atoms with E-state index in [1.807, 2.05) is 36.1 Å². The molecule has 0 aromatic heterocycles. The molecular weight excluding hydrogens is 292 g/mol. The van der Waals surface area contributed by atoms with Gasteiger partial charge in [-0.1, -0.05) is 12.1 Å². The zero-order valence-corrected chi connectivity index (χ0v) is 13.6. The highest BCUT2D eigenvalue weighted by atomic mass is 16.5.